The summed E-state index contributed by atoms with van der Waals surface area (Å²) in [6, 6.07) is 1.87. The van der Waals surface area contributed by atoms with Crippen molar-refractivity contribution in [3.8, 4) is 0 Å². The van der Waals surface area contributed by atoms with Gasteiger partial charge in [0.15, 0.2) is 5.60 Å². The van der Waals surface area contributed by atoms with Crippen LogP contribution in [-0.2, 0) is 9.57 Å². The number of oxime groups is 1. The third kappa shape index (κ3) is 2.56. The lowest BCUT2D eigenvalue weighted by Crippen LogP contribution is -2.41. The molecule has 3 heterocycles. The van der Waals surface area contributed by atoms with E-state index in [0.717, 1.165) is 24.5 Å². The molecule has 3 aliphatic rings. The Kier molecular flexibility index (Phi) is 3.68. The van der Waals surface area contributed by atoms with E-state index in [4.69, 9.17) is 9.57 Å². The molecule has 2 aliphatic heterocycles. The number of rotatable bonds is 4. The summed E-state index contributed by atoms with van der Waals surface area (Å²) in [5.74, 6) is 1.64. The molecule has 0 radical (unpaired) electrons. The number of nitrogens with one attached hydrogen (secondary N) is 1. The van der Waals surface area contributed by atoms with E-state index in [9.17, 15) is 4.79 Å². The van der Waals surface area contributed by atoms with Crippen LogP contribution in [0, 0.1) is 17.8 Å². The van der Waals surface area contributed by atoms with Gasteiger partial charge in [-0.25, -0.2) is 0 Å². The molecule has 1 saturated carbocycles. The molecule has 1 amide bonds. The Morgan fingerprint density at radius 3 is 2.64 bits per heavy atom. The van der Waals surface area contributed by atoms with Crippen LogP contribution in [0.1, 0.15) is 49.8 Å². The Labute approximate surface area is 147 Å². The first-order valence-corrected chi connectivity index (χ1v) is 8.96. The van der Waals surface area contributed by atoms with Crippen LogP contribution < -0.4 is 0 Å². The summed E-state index contributed by atoms with van der Waals surface area (Å²) >= 11 is 0. The Balaban J connectivity index is 1.40. The predicted molar refractivity (Wildman–Crippen MR) is 92.4 cm³/mol. The number of aromatic amines is 1. The normalized spacial score (nSPS) is 32.6. The zero-order valence-electron chi connectivity index (χ0n) is 15.4. The third-order valence-electron chi connectivity index (χ3n) is 5.78. The highest BCUT2D eigenvalue weighted by atomic mass is 16.7. The number of methoxy groups -OCH3 is 1. The van der Waals surface area contributed by atoms with E-state index >= 15 is 0 Å². The van der Waals surface area contributed by atoms with E-state index in [-0.39, 0.29) is 12.0 Å². The zero-order valence-corrected chi connectivity index (χ0v) is 15.4. The van der Waals surface area contributed by atoms with Crippen LogP contribution in [0.15, 0.2) is 11.2 Å². The van der Waals surface area contributed by atoms with E-state index in [1.54, 1.807) is 7.11 Å². The van der Waals surface area contributed by atoms with Gasteiger partial charge < -0.3 is 14.5 Å². The molecule has 1 aliphatic carbocycles. The lowest BCUT2D eigenvalue weighted by molar-refractivity contribution is -0.0616. The van der Waals surface area contributed by atoms with Gasteiger partial charge >= 0.3 is 0 Å². The highest BCUT2D eigenvalue weighted by molar-refractivity contribution is 5.97. The summed E-state index contributed by atoms with van der Waals surface area (Å²) in [4.78, 5) is 20.1. The maximum atomic E-state index is 12.7. The number of H-pyrrole nitrogens is 1. The molecule has 0 aromatic carbocycles. The minimum atomic E-state index is -0.418. The third-order valence-corrected chi connectivity index (χ3v) is 5.78. The van der Waals surface area contributed by atoms with Crippen LogP contribution in [0.5, 0.6) is 0 Å². The fraction of sp³-hybridized carbons (Fsp3) is 0.722. The van der Waals surface area contributed by atoms with Gasteiger partial charge in [0.1, 0.15) is 11.8 Å². The van der Waals surface area contributed by atoms with Gasteiger partial charge in [0, 0.05) is 31.8 Å². The van der Waals surface area contributed by atoms with Crippen LogP contribution in [0.3, 0.4) is 0 Å². The van der Waals surface area contributed by atoms with Crippen molar-refractivity contribution >= 4 is 11.6 Å². The van der Waals surface area contributed by atoms with E-state index in [2.05, 4.69) is 29.2 Å². The standard InChI is InChI=1S/C18H26N4O3/c1-9(2)12-6-13(20-19-12)17(23)22-7-10-11(8-22)14(10)15-16(24-5)18(3,4)25-21-15/h6,9-11,14,16H,7-8H2,1-5H3,(H,19,20). The minimum absolute atomic E-state index is 0.0160. The number of carbonyl (C=O) groups excluding carboxylic acids is 1. The molecule has 136 valence electrons. The number of hydrogen-bond acceptors (Lipinski definition) is 5. The van der Waals surface area contributed by atoms with E-state index in [0.29, 0.717) is 29.4 Å². The second-order valence-corrected chi connectivity index (χ2v) is 8.25. The molecule has 25 heavy (non-hydrogen) atoms. The topological polar surface area (TPSA) is 79.8 Å². The first-order valence-electron chi connectivity index (χ1n) is 8.96. The number of amides is 1. The number of carbonyl (C=O) groups is 1. The Morgan fingerprint density at radius 1 is 1.40 bits per heavy atom. The van der Waals surface area contributed by atoms with Crippen molar-refractivity contribution in [2.45, 2.75) is 45.3 Å². The predicted octanol–water partition coefficient (Wildman–Crippen LogP) is 2.03. The smallest absolute Gasteiger partial charge is 0.274 e. The molecule has 7 nitrogen and oxygen atoms in total. The van der Waals surface area contributed by atoms with Crippen molar-refractivity contribution in [2.24, 2.45) is 22.9 Å². The summed E-state index contributed by atoms with van der Waals surface area (Å²) in [6.45, 7) is 9.66. The fourth-order valence-electron chi connectivity index (χ4n) is 4.30. The molecule has 3 unspecified atom stereocenters. The molecule has 1 aromatic rings. The quantitative estimate of drug-likeness (QED) is 0.905. The number of piperidine rings is 1. The van der Waals surface area contributed by atoms with Crippen molar-refractivity contribution < 1.29 is 14.4 Å². The molecule has 1 saturated heterocycles. The van der Waals surface area contributed by atoms with Crippen molar-refractivity contribution in [2.75, 3.05) is 20.2 Å². The SMILES string of the molecule is COC1C(C2C3CN(C(=O)c4cc(C(C)C)[nH]n4)CC32)=NOC1(C)C. The van der Waals surface area contributed by atoms with Crippen LogP contribution in [0.2, 0.25) is 0 Å². The largest absolute Gasteiger partial charge is 0.387 e. The van der Waals surface area contributed by atoms with Crippen molar-refractivity contribution in [3.63, 3.8) is 0 Å². The van der Waals surface area contributed by atoms with Crippen LogP contribution >= 0.6 is 0 Å². The van der Waals surface area contributed by atoms with Gasteiger partial charge in [-0.05, 0) is 37.7 Å². The second kappa shape index (κ2) is 5.56. The van der Waals surface area contributed by atoms with Gasteiger partial charge in [-0.3, -0.25) is 9.89 Å². The van der Waals surface area contributed by atoms with E-state index in [1.807, 2.05) is 24.8 Å². The van der Waals surface area contributed by atoms with Crippen molar-refractivity contribution in [1.29, 1.82) is 0 Å². The molecule has 3 atom stereocenters. The summed E-state index contributed by atoms with van der Waals surface area (Å²) in [5, 5.41) is 11.4. The molecular formula is C18H26N4O3. The first kappa shape index (κ1) is 16.6. The minimum Gasteiger partial charge on any atom is -0.387 e. The summed E-state index contributed by atoms with van der Waals surface area (Å²) < 4.78 is 5.62. The molecule has 7 heteroatoms. The summed E-state index contributed by atoms with van der Waals surface area (Å²) in [5.41, 5.74) is 2.10. The highest BCUT2D eigenvalue weighted by Crippen LogP contribution is 2.55. The van der Waals surface area contributed by atoms with Gasteiger partial charge in [-0.1, -0.05) is 19.0 Å². The highest BCUT2D eigenvalue weighted by Gasteiger charge is 2.63. The average Bonchev–Trinajstić information content (AvgIpc) is 3.00. The molecule has 1 N–H and O–H groups in total. The maximum absolute atomic E-state index is 12.7. The molecule has 0 spiro atoms. The van der Waals surface area contributed by atoms with E-state index < -0.39 is 5.60 Å². The van der Waals surface area contributed by atoms with Crippen molar-refractivity contribution in [1.82, 2.24) is 15.1 Å². The molecule has 0 bridgehead atoms. The summed E-state index contributed by atoms with van der Waals surface area (Å²) in [6.07, 6.45) is -0.104. The number of fused-ring (bicyclic) bond motifs is 1. The number of ether oxygens (including phenoxy) is 1. The first-order chi connectivity index (χ1) is 11.8. The van der Waals surface area contributed by atoms with Gasteiger partial charge in [0.25, 0.3) is 5.91 Å². The van der Waals surface area contributed by atoms with Crippen LogP contribution in [0.25, 0.3) is 0 Å². The lowest BCUT2D eigenvalue weighted by Gasteiger charge is -2.25. The lowest BCUT2D eigenvalue weighted by atomic mass is 9.94. The molecular weight excluding hydrogens is 320 g/mol. The fourth-order valence-corrected chi connectivity index (χ4v) is 4.30. The number of nitrogens with zero attached hydrogens (tertiary/aromatic N) is 3. The molecule has 4 rings (SSSR count). The van der Waals surface area contributed by atoms with Gasteiger partial charge in [-0.2, -0.15) is 5.10 Å². The number of likely N-dealkylation sites (tertiary alicyclic amines) is 1. The van der Waals surface area contributed by atoms with E-state index in [1.165, 1.54) is 0 Å². The van der Waals surface area contributed by atoms with Crippen molar-refractivity contribution in [3.05, 3.63) is 17.5 Å². The number of aromatic nitrogens is 2. The Bertz CT molecular complexity index is 712. The van der Waals surface area contributed by atoms with Crippen LogP contribution in [-0.4, -0.2) is 58.6 Å². The molecule has 2 fully saturated rings. The number of hydrogen-bond donors (Lipinski definition) is 1. The monoisotopic (exact) mass is 346 g/mol. The second-order valence-electron chi connectivity index (χ2n) is 8.25. The maximum Gasteiger partial charge on any atom is 0.274 e. The Hall–Kier alpha value is -1.89. The van der Waals surface area contributed by atoms with Gasteiger partial charge in [0.2, 0.25) is 0 Å². The molecule has 1 aromatic heterocycles. The van der Waals surface area contributed by atoms with Gasteiger partial charge in [0.05, 0.1) is 5.71 Å². The van der Waals surface area contributed by atoms with Crippen LogP contribution in [0.4, 0.5) is 0 Å². The average molecular weight is 346 g/mol. The Morgan fingerprint density at radius 2 is 2.08 bits per heavy atom. The summed E-state index contributed by atoms with van der Waals surface area (Å²) in [7, 11) is 1.70. The zero-order chi connectivity index (χ0) is 17.9. The van der Waals surface area contributed by atoms with Gasteiger partial charge in [-0.15, -0.1) is 0 Å².